The normalized spacial score (nSPS) is 21.4. The maximum Gasteiger partial charge on any atom is 0.228 e. The van der Waals surface area contributed by atoms with E-state index in [9.17, 15) is 18.0 Å². The number of sulfone groups is 1. The molecule has 1 aromatic rings. The summed E-state index contributed by atoms with van der Waals surface area (Å²) in [4.78, 5) is 31.1. The smallest absolute Gasteiger partial charge is 0.228 e. The quantitative estimate of drug-likeness (QED) is 0.723. The molecule has 0 aromatic heterocycles. The van der Waals surface area contributed by atoms with Gasteiger partial charge in [0, 0.05) is 57.6 Å². The second-order valence-electron chi connectivity index (χ2n) is 7.92. The molecule has 8 heteroatoms. The van der Waals surface area contributed by atoms with Gasteiger partial charge in [-0.2, -0.15) is 0 Å². The van der Waals surface area contributed by atoms with E-state index in [4.69, 9.17) is 0 Å². The van der Waals surface area contributed by atoms with Crippen molar-refractivity contribution in [1.82, 2.24) is 9.80 Å². The lowest BCUT2D eigenvalue weighted by molar-refractivity contribution is -0.137. The first-order valence-corrected chi connectivity index (χ1v) is 11.8. The van der Waals surface area contributed by atoms with Crippen LogP contribution in [0.4, 0.5) is 5.69 Å². The number of rotatable bonds is 5. The summed E-state index contributed by atoms with van der Waals surface area (Å²) in [6.45, 7) is 7.45. The number of carbonyl (C=O) groups excluding carboxylic acids is 2. The third kappa shape index (κ3) is 4.72. The molecule has 7 nitrogen and oxygen atoms in total. The Hall–Kier alpha value is -1.93. The molecule has 0 N–H and O–H groups in total. The fourth-order valence-corrected chi connectivity index (χ4v) is 4.47. The SMILES string of the molecule is Cc1cccc(N2CC(C(=O)N3CCN(CCS(C)(=O)=O)CC3)CC2=O)c1C. The first-order valence-electron chi connectivity index (χ1n) is 9.71. The molecule has 28 heavy (non-hydrogen) atoms. The Kier molecular flexibility index (Phi) is 6.09. The van der Waals surface area contributed by atoms with E-state index in [-0.39, 0.29) is 29.9 Å². The van der Waals surface area contributed by atoms with Gasteiger partial charge in [0.25, 0.3) is 0 Å². The van der Waals surface area contributed by atoms with E-state index in [0.717, 1.165) is 16.8 Å². The molecule has 1 unspecified atom stereocenters. The van der Waals surface area contributed by atoms with Gasteiger partial charge in [-0.3, -0.25) is 14.5 Å². The van der Waals surface area contributed by atoms with Crippen LogP contribution in [-0.4, -0.2) is 81.3 Å². The van der Waals surface area contributed by atoms with Gasteiger partial charge < -0.3 is 9.80 Å². The molecule has 0 saturated carbocycles. The Labute approximate surface area is 167 Å². The van der Waals surface area contributed by atoms with Crippen LogP contribution in [0.15, 0.2) is 18.2 Å². The Balaban J connectivity index is 1.57. The van der Waals surface area contributed by atoms with Crippen LogP contribution in [-0.2, 0) is 19.4 Å². The summed E-state index contributed by atoms with van der Waals surface area (Å²) < 4.78 is 22.6. The molecule has 1 aromatic carbocycles. The van der Waals surface area contributed by atoms with Crippen molar-refractivity contribution in [3.8, 4) is 0 Å². The summed E-state index contributed by atoms with van der Waals surface area (Å²) >= 11 is 0. The third-order valence-corrected chi connectivity index (χ3v) is 6.73. The van der Waals surface area contributed by atoms with Gasteiger partial charge in [-0.05, 0) is 31.0 Å². The molecule has 2 amide bonds. The molecule has 154 valence electrons. The Morgan fingerprint density at radius 3 is 2.46 bits per heavy atom. The number of aryl methyl sites for hydroxylation is 1. The number of benzene rings is 1. The molecular formula is C20H29N3O4S. The zero-order valence-corrected chi connectivity index (χ0v) is 17.7. The highest BCUT2D eigenvalue weighted by Gasteiger charge is 2.38. The molecule has 0 bridgehead atoms. The van der Waals surface area contributed by atoms with Crippen LogP contribution in [0, 0.1) is 19.8 Å². The summed E-state index contributed by atoms with van der Waals surface area (Å²) in [6.07, 6.45) is 1.49. The highest BCUT2D eigenvalue weighted by Crippen LogP contribution is 2.30. The maximum absolute atomic E-state index is 12.9. The molecule has 1 atom stereocenters. The van der Waals surface area contributed by atoms with Gasteiger partial charge in [-0.1, -0.05) is 12.1 Å². The van der Waals surface area contributed by atoms with Crippen molar-refractivity contribution in [2.75, 3.05) is 56.2 Å². The van der Waals surface area contributed by atoms with Gasteiger partial charge in [-0.15, -0.1) is 0 Å². The number of anilines is 1. The molecule has 2 heterocycles. The van der Waals surface area contributed by atoms with Gasteiger partial charge >= 0.3 is 0 Å². The molecule has 2 aliphatic rings. The van der Waals surface area contributed by atoms with Crippen molar-refractivity contribution in [3.63, 3.8) is 0 Å². The van der Waals surface area contributed by atoms with Gasteiger partial charge in [-0.25, -0.2) is 8.42 Å². The van der Waals surface area contributed by atoms with Crippen LogP contribution in [0.3, 0.4) is 0 Å². The Morgan fingerprint density at radius 1 is 1.14 bits per heavy atom. The van der Waals surface area contributed by atoms with E-state index < -0.39 is 9.84 Å². The summed E-state index contributed by atoms with van der Waals surface area (Å²) in [7, 11) is -2.98. The molecule has 3 rings (SSSR count). The van der Waals surface area contributed by atoms with Crippen molar-refractivity contribution in [2.45, 2.75) is 20.3 Å². The average Bonchev–Trinajstić information content (AvgIpc) is 3.03. The maximum atomic E-state index is 12.9. The van der Waals surface area contributed by atoms with Gasteiger partial charge in [0.15, 0.2) is 0 Å². The summed E-state index contributed by atoms with van der Waals surface area (Å²) in [5.74, 6) is -0.138. The number of piperazine rings is 1. The first kappa shape index (κ1) is 20.8. The molecule has 0 radical (unpaired) electrons. The molecular weight excluding hydrogens is 378 g/mol. The largest absolute Gasteiger partial charge is 0.340 e. The standard InChI is InChI=1S/C20H29N3O4S/c1-15-5-4-6-18(16(15)2)23-14-17(13-19(23)24)20(25)22-9-7-21(8-10-22)11-12-28(3,26)27/h4-6,17H,7-14H2,1-3H3. The second-order valence-corrected chi connectivity index (χ2v) is 10.2. The first-order chi connectivity index (χ1) is 13.2. The van der Waals surface area contributed by atoms with E-state index >= 15 is 0 Å². The summed E-state index contributed by atoms with van der Waals surface area (Å²) in [5, 5.41) is 0. The number of hydrogen-bond donors (Lipinski definition) is 0. The molecule has 2 fully saturated rings. The van der Waals surface area contributed by atoms with Crippen LogP contribution in [0.25, 0.3) is 0 Å². The molecule has 0 aliphatic carbocycles. The molecule has 0 spiro atoms. The van der Waals surface area contributed by atoms with E-state index in [2.05, 4.69) is 4.90 Å². The van der Waals surface area contributed by atoms with Crippen LogP contribution >= 0.6 is 0 Å². The van der Waals surface area contributed by atoms with Gasteiger partial charge in [0.2, 0.25) is 11.8 Å². The minimum Gasteiger partial charge on any atom is -0.340 e. The van der Waals surface area contributed by atoms with Gasteiger partial charge in [0.1, 0.15) is 9.84 Å². The van der Waals surface area contributed by atoms with Crippen molar-refractivity contribution < 1.29 is 18.0 Å². The summed E-state index contributed by atoms with van der Waals surface area (Å²) in [6, 6.07) is 5.90. The lowest BCUT2D eigenvalue weighted by Crippen LogP contribution is -2.51. The third-order valence-electron chi connectivity index (χ3n) is 5.80. The highest BCUT2D eigenvalue weighted by molar-refractivity contribution is 7.90. The minimum atomic E-state index is -2.98. The predicted octanol–water partition coefficient (Wildman–Crippen LogP) is 0.845. The van der Waals surface area contributed by atoms with Crippen molar-refractivity contribution in [3.05, 3.63) is 29.3 Å². The van der Waals surface area contributed by atoms with E-state index in [0.29, 0.717) is 39.3 Å². The predicted molar refractivity (Wildman–Crippen MR) is 109 cm³/mol. The highest BCUT2D eigenvalue weighted by atomic mass is 32.2. The van der Waals surface area contributed by atoms with E-state index in [1.807, 2.05) is 36.9 Å². The van der Waals surface area contributed by atoms with Crippen LogP contribution in [0.2, 0.25) is 0 Å². The fraction of sp³-hybridized carbons (Fsp3) is 0.600. The van der Waals surface area contributed by atoms with Crippen LogP contribution < -0.4 is 4.90 Å². The van der Waals surface area contributed by atoms with E-state index in [1.165, 1.54) is 6.26 Å². The zero-order chi connectivity index (χ0) is 20.5. The van der Waals surface area contributed by atoms with Crippen molar-refractivity contribution in [1.29, 1.82) is 0 Å². The molecule has 2 saturated heterocycles. The zero-order valence-electron chi connectivity index (χ0n) is 16.8. The second kappa shape index (κ2) is 8.21. The lowest BCUT2D eigenvalue weighted by atomic mass is 10.1. The van der Waals surface area contributed by atoms with Crippen LogP contribution in [0.1, 0.15) is 17.5 Å². The van der Waals surface area contributed by atoms with Crippen LogP contribution in [0.5, 0.6) is 0 Å². The number of carbonyl (C=O) groups is 2. The lowest BCUT2D eigenvalue weighted by Gasteiger charge is -2.35. The average molecular weight is 408 g/mol. The number of nitrogens with zero attached hydrogens (tertiary/aromatic N) is 3. The van der Waals surface area contributed by atoms with Crippen molar-refractivity contribution >= 4 is 27.3 Å². The molecule has 2 aliphatic heterocycles. The minimum absolute atomic E-state index is 0.00108. The van der Waals surface area contributed by atoms with Crippen molar-refractivity contribution in [2.24, 2.45) is 5.92 Å². The monoisotopic (exact) mass is 407 g/mol. The van der Waals surface area contributed by atoms with Gasteiger partial charge in [0.05, 0.1) is 11.7 Å². The topological polar surface area (TPSA) is 78.0 Å². The summed E-state index contributed by atoms with van der Waals surface area (Å²) in [5.41, 5.74) is 3.10. The fourth-order valence-electron chi connectivity index (χ4n) is 3.88. The number of amides is 2. The van der Waals surface area contributed by atoms with E-state index in [1.54, 1.807) is 4.90 Å². The Bertz CT molecular complexity index is 860. The number of hydrogen-bond acceptors (Lipinski definition) is 5. The Morgan fingerprint density at radius 2 is 1.82 bits per heavy atom.